The molecule has 98 valence electrons. The van der Waals surface area contributed by atoms with Crippen LogP contribution >= 0.6 is 23.2 Å². The number of amides is 2. The fraction of sp³-hybridized carbons (Fsp3) is 0.400. The van der Waals surface area contributed by atoms with Gasteiger partial charge in [0.15, 0.2) is 10.3 Å². The molecule has 1 N–H and O–H groups in total. The third-order valence-corrected chi connectivity index (χ3v) is 2.71. The van der Waals surface area contributed by atoms with Crippen LogP contribution in [0.5, 0.6) is 0 Å². The number of nitrogens with zero attached hydrogens (tertiary/aromatic N) is 3. The van der Waals surface area contributed by atoms with Gasteiger partial charge < -0.3 is 10.2 Å². The van der Waals surface area contributed by atoms with Crippen LogP contribution in [0.3, 0.4) is 0 Å². The van der Waals surface area contributed by atoms with Gasteiger partial charge in [0.25, 0.3) is 5.91 Å². The van der Waals surface area contributed by atoms with Gasteiger partial charge in [0.1, 0.15) is 0 Å². The smallest absolute Gasteiger partial charge is 0.256 e. The quantitative estimate of drug-likeness (QED) is 0.897. The monoisotopic (exact) mass is 290 g/mol. The van der Waals surface area contributed by atoms with Crippen molar-refractivity contribution in [2.45, 2.75) is 6.42 Å². The fourth-order valence-electron chi connectivity index (χ4n) is 1.20. The van der Waals surface area contributed by atoms with Gasteiger partial charge in [-0.1, -0.05) is 23.2 Å². The van der Waals surface area contributed by atoms with Gasteiger partial charge in [-0.05, 0) is 6.07 Å². The zero-order valence-electron chi connectivity index (χ0n) is 9.91. The minimum absolute atomic E-state index is 0.0174. The minimum atomic E-state index is -0.360. The Kier molecular flexibility index (Phi) is 5.30. The predicted octanol–water partition coefficient (Wildman–Crippen LogP) is 0.991. The van der Waals surface area contributed by atoms with Crippen LogP contribution in [0.25, 0.3) is 0 Å². The summed E-state index contributed by atoms with van der Waals surface area (Å²) in [6, 6.07) is 1.34. The van der Waals surface area contributed by atoms with Crippen molar-refractivity contribution in [3.63, 3.8) is 0 Å². The van der Waals surface area contributed by atoms with Crippen molar-refractivity contribution in [2.24, 2.45) is 0 Å². The van der Waals surface area contributed by atoms with Gasteiger partial charge in [0.2, 0.25) is 5.91 Å². The molecule has 0 saturated carbocycles. The summed E-state index contributed by atoms with van der Waals surface area (Å²) >= 11 is 11.4. The average Bonchev–Trinajstić information content (AvgIpc) is 2.37. The van der Waals surface area contributed by atoms with Crippen LogP contribution in [-0.2, 0) is 4.79 Å². The SMILES string of the molecule is CNC(=O)CCN(C)C(=O)c1cc(Cl)nnc1Cl. The first-order valence-corrected chi connectivity index (χ1v) is 5.86. The van der Waals surface area contributed by atoms with E-state index in [0.717, 1.165) is 0 Å². The first-order valence-electron chi connectivity index (χ1n) is 5.10. The summed E-state index contributed by atoms with van der Waals surface area (Å²) in [5.74, 6) is -0.507. The Morgan fingerprint density at radius 3 is 2.67 bits per heavy atom. The number of hydrogen-bond donors (Lipinski definition) is 1. The lowest BCUT2D eigenvalue weighted by Crippen LogP contribution is -2.31. The maximum absolute atomic E-state index is 12.0. The molecule has 0 aliphatic rings. The topological polar surface area (TPSA) is 75.2 Å². The summed E-state index contributed by atoms with van der Waals surface area (Å²) < 4.78 is 0. The van der Waals surface area contributed by atoms with Gasteiger partial charge >= 0.3 is 0 Å². The second kappa shape index (κ2) is 6.51. The predicted molar refractivity (Wildman–Crippen MR) is 67.7 cm³/mol. The van der Waals surface area contributed by atoms with Crippen molar-refractivity contribution in [3.05, 3.63) is 21.9 Å². The fourth-order valence-corrected chi connectivity index (χ4v) is 1.52. The first kappa shape index (κ1) is 14.7. The molecule has 0 aliphatic heterocycles. The van der Waals surface area contributed by atoms with E-state index in [-0.39, 0.29) is 40.6 Å². The van der Waals surface area contributed by atoms with E-state index in [1.165, 1.54) is 18.0 Å². The van der Waals surface area contributed by atoms with Crippen LogP contribution in [-0.4, -0.2) is 47.6 Å². The molecular weight excluding hydrogens is 279 g/mol. The Labute approximate surface area is 114 Å². The van der Waals surface area contributed by atoms with Crippen LogP contribution in [0.2, 0.25) is 10.3 Å². The molecule has 1 rings (SSSR count). The van der Waals surface area contributed by atoms with Gasteiger partial charge in [-0.2, -0.15) is 0 Å². The molecule has 0 aliphatic carbocycles. The van der Waals surface area contributed by atoms with Crippen LogP contribution in [0.4, 0.5) is 0 Å². The third-order valence-electron chi connectivity index (χ3n) is 2.25. The van der Waals surface area contributed by atoms with Gasteiger partial charge in [-0.3, -0.25) is 9.59 Å². The maximum Gasteiger partial charge on any atom is 0.256 e. The molecule has 0 aromatic carbocycles. The van der Waals surface area contributed by atoms with E-state index in [9.17, 15) is 9.59 Å². The van der Waals surface area contributed by atoms with Crippen LogP contribution < -0.4 is 5.32 Å². The van der Waals surface area contributed by atoms with Crippen molar-refractivity contribution in [3.8, 4) is 0 Å². The van der Waals surface area contributed by atoms with Crippen molar-refractivity contribution in [1.29, 1.82) is 0 Å². The normalized spacial score (nSPS) is 10.0. The molecule has 0 bridgehead atoms. The highest BCUT2D eigenvalue weighted by molar-refractivity contribution is 6.34. The van der Waals surface area contributed by atoms with E-state index in [4.69, 9.17) is 23.2 Å². The van der Waals surface area contributed by atoms with E-state index in [2.05, 4.69) is 15.5 Å². The van der Waals surface area contributed by atoms with E-state index >= 15 is 0 Å². The summed E-state index contributed by atoms with van der Waals surface area (Å²) in [6.45, 7) is 0.273. The highest BCUT2D eigenvalue weighted by Gasteiger charge is 2.17. The highest BCUT2D eigenvalue weighted by atomic mass is 35.5. The Balaban J connectivity index is 2.74. The molecule has 1 aromatic heterocycles. The van der Waals surface area contributed by atoms with Crippen molar-refractivity contribution in [1.82, 2.24) is 20.4 Å². The lowest BCUT2D eigenvalue weighted by atomic mass is 10.2. The van der Waals surface area contributed by atoms with E-state index < -0.39 is 0 Å². The van der Waals surface area contributed by atoms with Gasteiger partial charge in [-0.15, -0.1) is 10.2 Å². The lowest BCUT2D eigenvalue weighted by Gasteiger charge is -2.16. The Hall–Kier alpha value is -1.40. The Morgan fingerprint density at radius 1 is 1.39 bits per heavy atom. The summed E-state index contributed by atoms with van der Waals surface area (Å²) in [4.78, 5) is 24.4. The molecule has 6 nitrogen and oxygen atoms in total. The second-order valence-corrected chi connectivity index (χ2v) is 4.27. The zero-order valence-corrected chi connectivity index (χ0v) is 11.4. The molecule has 1 aromatic rings. The lowest BCUT2D eigenvalue weighted by molar-refractivity contribution is -0.120. The van der Waals surface area contributed by atoms with Crippen molar-refractivity contribution >= 4 is 35.0 Å². The number of nitrogens with one attached hydrogen (secondary N) is 1. The molecule has 0 saturated heterocycles. The molecule has 0 unspecified atom stereocenters. The summed E-state index contributed by atoms with van der Waals surface area (Å²) in [5, 5.41) is 9.61. The number of carbonyl (C=O) groups excluding carboxylic acids is 2. The van der Waals surface area contributed by atoms with E-state index in [1.807, 2.05) is 0 Å². The molecule has 8 heteroatoms. The summed E-state index contributed by atoms with van der Waals surface area (Å²) in [6.07, 6.45) is 0.211. The van der Waals surface area contributed by atoms with Crippen LogP contribution in [0.15, 0.2) is 6.07 Å². The molecule has 0 radical (unpaired) electrons. The number of carbonyl (C=O) groups is 2. The number of rotatable bonds is 4. The van der Waals surface area contributed by atoms with Gasteiger partial charge in [0.05, 0.1) is 5.56 Å². The Morgan fingerprint density at radius 2 is 2.06 bits per heavy atom. The van der Waals surface area contributed by atoms with Crippen molar-refractivity contribution in [2.75, 3.05) is 20.6 Å². The minimum Gasteiger partial charge on any atom is -0.359 e. The third kappa shape index (κ3) is 3.82. The first-order chi connectivity index (χ1) is 8.45. The standard InChI is InChI=1S/C10H12Cl2N4O2/c1-13-8(17)3-4-16(2)10(18)6-5-7(11)14-15-9(6)12/h5H,3-4H2,1-2H3,(H,13,17). The zero-order chi connectivity index (χ0) is 13.7. The van der Waals surface area contributed by atoms with Crippen molar-refractivity contribution < 1.29 is 9.59 Å². The average molecular weight is 291 g/mol. The molecule has 18 heavy (non-hydrogen) atoms. The molecule has 2 amide bonds. The number of aromatic nitrogens is 2. The van der Waals surface area contributed by atoms with E-state index in [0.29, 0.717) is 0 Å². The maximum atomic E-state index is 12.0. The van der Waals surface area contributed by atoms with Crippen LogP contribution in [0, 0.1) is 0 Å². The van der Waals surface area contributed by atoms with Gasteiger partial charge in [-0.25, -0.2) is 0 Å². The molecule has 0 fully saturated rings. The molecule has 1 heterocycles. The Bertz CT molecular complexity index is 467. The van der Waals surface area contributed by atoms with Gasteiger partial charge in [0, 0.05) is 27.1 Å². The molecular formula is C10H12Cl2N4O2. The van der Waals surface area contributed by atoms with E-state index in [1.54, 1.807) is 7.05 Å². The summed E-state index contributed by atoms with van der Waals surface area (Å²) in [5.41, 5.74) is 0.163. The largest absolute Gasteiger partial charge is 0.359 e. The highest BCUT2D eigenvalue weighted by Crippen LogP contribution is 2.17. The number of halogens is 2. The van der Waals surface area contributed by atoms with Crippen LogP contribution in [0.1, 0.15) is 16.8 Å². The molecule has 0 atom stereocenters. The number of hydrogen-bond acceptors (Lipinski definition) is 4. The summed E-state index contributed by atoms with van der Waals surface area (Å²) in [7, 11) is 3.10. The second-order valence-electron chi connectivity index (χ2n) is 3.52. The molecule has 0 spiro atoms.